The van der Waals surface area contributed by atoms with Crippen LogP contribution in [0.5, 0.6) is 0 Å². The molecule has 13 heavy (non-hydrogen) atoms. The Morgan fingerprint density at radius 3 is 2.77 bits per heavy atom. The van der Waals surface area contributed by atoms with Gasteiger partial charge in [-0.3, -0.25) is 0 Å². The highest BCUT2D eigenvalue weighted by molar-refractivity contribution is 5.26. The molecule has 1 aromatic rings. The van der Waals surface area contributed by atoms with Crippen molar-refractivity contribution in [1.82, 2.24) is 9.78 Å². The molecule has 3 heteroatoms. The molecule has 3 nitrogen and oxygen atoms in total. The van der Waals surface area contributed by atoms with E-state index in [-0.39, 0.29) is 0 Å². The van der Waals surface area contributed by atoms with Crippen LogP contribution < -0.4 is 5.73 Å². The molecule has 1 atom stereocenters. The summed E-state index contributed by atoms with van der Waals surface area (Å²) in [7, 11) is 0. The van der Waals surface area contributed by atoms with Crippen LogP contribution in [-0.4, -0.2) is 9.78 Å². The Hall–Kier alpha value is -0.990. The lowest BCUT2D eigenvalue weighted by Crippen LogP contribution is -2.12. The topological polar surface area (TPSA) is 43.8 Å². The minimum Gasteiger partial charge on any atom is -0.384 e. The Morgan fingerprint density at radius 2 is 2.31 bits per heavy atom. The Morgan fingerprint density at radius 1 is 1.54 bits per heavy atom. The number of rotatable bonds is 5. The van der Waals surface area contributed by atoms with Gasteiger partial charge in [0.05, 0.1) is 12.2 Å². The predicted octanol–water partition coefficient (Wildman–Crippen LogP) is 2.61. The molecule has 0 aliphatic carbocycles. The molecule has 0 saturated carbocycles. The zero-order chi connectivity index (χ0) is 9.68. The molecule has 74 valence electrons. The molecule has 0 aliphatic rings. The second-order valence-corrected chi connectivity index (χ2v) is 3.40. The largest absolute Gasteiger partial charge is 0.384 e. The maximum atomic E-state index is 5.79. The fourth-order valence-corrected chi connectivity index (χ4v) is 1.57. The minimum atomic E-state index is 0.481. The van der Waals surface area contributed by atoms with Crippen LogP contribution >= 0.6 is 0 Å². The third-order valence-corrected chi connectivity index (χ3v) is 2.41. The Bertz CT molecular complexity index is 242. The third-order valence-electron chi connectivity index (χ3n) is 2.41. The van der Waals surface area contributed by atoms with Crippen molar-refractivity contribution in [2.24, 2.45) is 0 Å². The standard InChI is InChI=1S/C10H19N3/c1-3-5-6-9(4-2)13-10(11)7-8-12-13/h7-9H,3-6,11H2,1-2H3. The highest BCUT2D eigenvalue weighted by atomic mass is 15.3. The summed E-state index contributed by atoms with van der Waals surface area (Å²) >= 11 is 0. The quantitative estimate of drug-likeness (QED) is 0.758. The molecule has 0 aromatic carbocycles. The van der Waals surface area contributed by atoms with Crippen LogP contribution in [0.3, 0.4) is 0 Å². The van der Waals surface area contributed by atoms with Gasteiger partial charge in [0, 0.05) is 0 Å². The minimum absolute atomic E-state index is 0.481. The van der Waals surface area contributed by atoms with E-state index in [1.165, 1.54) is 19.3 Å². The first-order valence-corrected chi connectivity index (χ1v) is 5.08. The van der Waals surface area contributed by atoms with Crippen LogP contribution in [0.2, 0.25) is 0 Å². The molecular formula is C10H19N3. The summed E-state index contributed by atoms with van der Waals surface area (Å²) in [5.41, 5.74) is 5.79. The number of hydrogen-bond acceptors (Lipinski definition) is 2. The smallest absolute Gasteiger partial charge is 0.121 e. The van der Waals surface area contributed by atoms with Gasteiger partial charge in [-0.2, -0.15) is 5.10 Å². The molecule has 1 aromatic heterocycles. The Balaban J connectivity index is 2.61. The summed E-state index contributed by atoms with van der Waals surface area (Å²) in [6, 6.07) is 2.34. The van der Waals surface area contributed by atoms with Gasteiger partial charge in [-0.05, 0) is 18.9 Å². The van der Waals surface area contributed by atoms with Crippen LogP contribution in [0, 0.1) is 0 Å². The molecule has 1 heterocycles. The fourth-order valence-electron chi connectivity index (χ4n) is 1.57. The second-order valence-electron chi connectivity index (χ2n) is 3.40. The van der Waals surface area contributed by atoms with Gasteiger partial charge in [0.25, 0.3) is 0 Å². The summed E-state index contributed by atoms with van der Waals surface area (Å²) in [5.74, 6) is 0.781. The van der Waals surface area contributed by atoms with Crippen molar-refractivity contribution in [3.8, 4) is 0 Å². The van der Waals surface area contributed by atoms with Crippen molar-refractivity contribution in [1.29, 1.82) is 0 Å². The molecule has 1 rings (SSSR count). The van der Waals surface area contributed by atoms with Gasteiger partial charge in [-0.25, -0.2) is 4.68 Å². The molecule has 0 spiro atoms. The number of anilines is 1. The van der Waals surface area contributed by atoms with Gasteiger partial charge in [0.15, 0.2) is 0 Å². The lowest BCUT2D eigenvalue weighted by molar-refractivity contribution is 0.406. The zero-order valence-electron chi connectivity index (χ0n) is 8.53. The Kier molecular flexibility index (Phi) is 3.80. The highest BCUT2D eigenvalue weighted by Gasteiger charge is 2.10. The number of nitrogens with zero attached hydrogens (tertiary/aromatic N) is 2. The zero-order valence-corrected chi connectivity index (χ0v) is 8.53. The van der Waals surface area contributed by atoms with Gasteiger partial charge in [0.1, 0.15) is 5.82 Å². The first-order chi connectivity index (χ1) is 6.29. The average Bonchev–Trinajstić information content (AvgIpc) is 2.54. The maximum Gasteiger partial charge on any atom is 0.121 e. The van der Waals surface area contributed by atoms with Crippen molar-refractivity contribution in [2.45, 2.75) is 45.6 Å². The van der Waals surface area contributed by atoms with E-state index in [2.05, 4.69) is 18.9 Å². The van der Waals surface area contributed by atoms with Crippen molar-refractivity contribution in [2.75, 3.05) is 5.73 Å². The Labute approximate surface area is 79.9 Å². The van der Waals surface area contributed by atoms with Crippen molar-refractivity contribution in [3.63, 3.8) is 0 Å². The number of unbranched alkanes of at least 4 members (excludes halogenated alkanes) is 1. The molecular weight excluding hydrogens is 162 g/mol. The van der Waals surface area contributed by atoms with Gasteiger partial charge in [-0.15, -0.1) is 0 Å². The number of nitrogens with two attached hydrogens (primary N) is 1. The van der Waals surface area contributed by atoms with E-state index in [0.29, 0.717) is 6.04 Å². The number of hydrogen-bond donors (Lipinski definition) is 1. The van der Waals surface area contributed by atoms with Crippen LogP contribution in [-0.2, 0) is 0 Å². The van der Waals surface area contributed by atoms with Crippen LogP contribution in [0.1, 0.15) is 45.6 Å². The van der Waals surface area contributed by atoms with E-state index in [1.807, 2.05) is 10.7 Å². The molecule has 0 aliphatic heterocycles. The lowest BCUT2D eigenvalue weighted by atomic mass is 10.1. The van der Waals surface area contributed by atoms with Gasteiger partial charge in [-0.1, -0.05) is 26.7 Å². The molecule has 2 N–H and O–H groups in total. The van der Waals surface area contributed by atoms with Crippen molar-refractivity contribution >= 4 is 5.82 Å². The predicted molar refractivity (Wildman–Crippen MR) is 55.5 cm³/mol. The average molecular weight is 181 g/mol. The molecule has 0 fully saturated rings. The summed E-state index contributed by atoms with van der Waals surface area (Å²) in [4.78, 5) is 0. The van der Waals surface area contributed by atoms with Gasteiger partial charge < -0.3 is 5.73 Å². The van der Waals surface area contributed by atoms with E-state index in [1.54, 1.807) is 6.20 Å². The monoisotopic (exact) mass is 181 g/mol. The molecule has 0 radical (unpaired) electrons. The van der Waals surface area contributed by atoms with Crippen molar-refractivity contribution in [3.05, 3.63) is 12.3 Å². The summed E-state index contributed by atoms with van der Waals surface area (Å²) in [5, 5.41) is 4.23. The third kappa shape index (κ3) is 2.47. The van der Waals surface area contributed by atoms with Gasteiger partial charge >= 0.3 is 0 Å². The first kappa shape index (κ1) is 10.1. The van der Waals surface area contributed by atoms with Crippen LogP contribution in [0.15, 0.2) is 12.3 Å². The van der Waals surface area contributed by atoms with E-state index in [4.69, 9.17) is 5.73 Å². The van der Waals surface area contributed by atoms with Crippen LogP contribution in [0.4, 0.5) is 5.82 Å². The number of aromatic nitrogens is 2. The molecule has 1 unspecified atom stereocenters. The van der Waals surface area contributed by atoms with E-state index in [0.717, 1.165) is 12.2 Å². The van der Waals surface area contributed by atoms with E-state index in [9.17, 15) is 0 Å². The van der Waals surface area contributed by atoms with Crippen molar-refractivity contribution < 1.29 is 0 Å². The lowest BCUT2D eigenvalue weighted by Gasteiger charge is -2.16. The fraction of sp³-hybridized carbons (Fsp3) is 0.700. The van der Waals surface area contributed by atoms with E-state index >= 15 is 0 Å². The second kappa shape index (κ2) is 4.90. The summed E-state index contributed by atoms with van der Waals surface area (Å²) in [6.45, 7) is 4.39. The highest BCUT2D eigenvalue weighted by Crippen LogP contribution is 2.20. The molecule has 0 saturated heterocycles. The maximum absolute atomic E-state index is 5.79. The SMILES string of the molecule is CCCCC(CC)n1nccc1N. The molecule has 0 amide bonds. The first-order valence-electron chi connectivity index (χ1n) is 5.08. The molecule has 0 bridgehead atoms. The van der Waals surface area contributed by atoms with Crippen LogP contribution in [0.25, 0.3) is 0 Å². The number of nitrogen functional groups attached to an aromatic ring is 1. The van der Waals surface area contributed by atoms with Gasteiger partial charge in [0.2, 0.25) is 0 Å². The normalized spacial score (nSPS) is 13.1. The van der Waals surface area contributed by atoms with E-state index < -0.39 is 0 Å². The summed E-state index contributed by atoms with van der Waals surface area (Å²) in [6.07, 6.45) is 6.53. The summed E-state index contributed by atoms with van der Waals surface area (Å²) < 4.78 is 1.94.